The quantitative estimate of drug-likeness (QED) is 0.321. The molecule has 0 unspecified atom stereocenters. The maximum atomic E-state index is 3.24. The van der Waals surface area contributed by atoms with Gasteiger partial charge in [0, 0.05) is 0 Å². The van der Waals surface area contributed by atoms with Crippen molar-refractivity contribution in [3.05, 3.63) is 0 Å². The van der Waals surface area contributed by atoms with Crippen molar-refractivity contribution < 1.29 is 0 Å². The summed E-state index contributed by atoms with van der Waals surface area (Å²) in [4.78, 5) is 13.0. The van der Waals surface area contributed by atoms with E-state index in [0.717, 1.165) is 0 Å². The molecule has 0 N–H and O–H groups in total. The van der Waals surface area contributed by atoms with Crippen molar-refractivity contribution in [3.8, 4) is 43.0 Å². The first-order valence-corrected chi connectivity index (χ1v) is 15.7. The summed E-state index contributed by atoms with van der Waals surface area (Å²) in [5, 5.41) is 5.11. The Balaban J connectivity index is 2.28. The zero-order chi connectivity index (χ0) is 15.6. The molecule has 1 heterocycles. The molecule has 0 fully saturated rings. The molecule has 1 rings (SSSR count). The molecular formula is C18H20Se4. The third-order valence-electron chi connectivity index (χ3n) is 2.60. The van der Waals surface area contributed by atoms with Crippen molar-refractivity contribution in [2.45, 2.75) is 59.8 Å². The van der Waals surface area contributed by atoms with E-state index in [1.54, 1.807) is 0 Å². The molecule has 0 amide bonds. The number of hydrogen-bond donors (Lipinski definition) is 0. The van der Waals surface area contributed by atoms with E-state index >= 15 is 0 Å². The zero-order valence-corrected chi connectivity index (χ0v) is 19.6. The summed E-state index contributed by atoms with van der Waals surface area (Å²) in [7, 11) is 0. The fraction of sp³-hybridized carbons (Fsp3) is 0.556. The van der Waals surface area contributed by atoms with E-state index in [4.69, 9.17) is 0 Å². The molecule has 0 saturated carbocycles. The van der Waals surface area contributed by atoms with Gasteiger partial charge in [0.2, 0.25) is 0 Å². The molecule has 116 valence electrons. The summed E-state index contributed by atoms with van der Waals surface area (Å²) < 4.78 is 0. The maximum absolute atomic E-state index is 3.24. The van der Waals surface area contributed by atoms with Gasteiger partial charge in [-0.05, 0) is 0 Å². The van der Waals surface area contributed by atoms with Crippen LogP contribution >= 0.6 is 0 Å². The van der Waals surface area contributed by atoms with Gasteiger partial charge in [0.25, 0.3) is 0 Å². The van der Waals surface area contributed by atoms with Gasteiger partial charge in [0.1, 0.15) is 0 Å². The first-order valence-electron chi connectivity index (χ1n) is 7.47. The summed E-state index contributed by atoms with van der Waals surface area (Å²) in [5.74, 6) is 12.1. The van der Waals surface area contributed by atoms with Gasteiger partial charge in [0.05, 0.1) is 0 Å². The SMILES string of the molecule is C1#C[Se]CCCCC[Se]C#CC#C[Se]CCCCC[Se]C#C1. The first-order chi connectivity index (χ1) is 11.0. The third-order valence-corrected chi connectivity index (χ3v) is 8.81. The molecular weight excluding hydrogens is 532 g/mol. The fourth-order valence-corrected chi connectivity index (χ4v) is 6.32. The summed E-state index contributed by atoms with van der Waals surface area (Å²) in [5.41, 5.74) is 0. The number of hydrogen-bond acceptors (Lipinski definition) is 0. The van der Waals surface area contributed by atoms with Crippen LogP contribution < -0.4 is 0 Å². The van der Waals surface area contributed by atoms with E-state index in [2.05, 4.69) is 43.0 Å². The van der Waals surface area contributed by atoms with Gasteiger partial charge < -0.3 is 0 Å². The molecule has 1 aliphatic heterocycles. The van der Waals surface area contributed by atoms with Crippen molar-refractivity contribution in [2.75, 3.05) is 0 Å². The van der Waals surface area contributed by atoms with Crippen LogP contribution in [-0.4, -0.2) is 59.8 Å². The molecule has 0 radical (unpaired) electrons. The van der Waals surface area contributed by atoms with Crippen LogP contribution in [0.5, 0.6) is 0 Å². The Bertz CT molecular complexity index is 424. The predicted octanol–water partition coefficient (Wildman–Crippen LogP) is 2.67. The van der Waals surface area contributed by atoms with E-state index in [1.807, 2.05) is 0 Å². The molecule has 0 saturated heterocycles. The van der Waals surface area contributed by atoms with Crippen molar-refractivity contribution in [1.82, 2.24) is 0 Å². The van der Waals surface area contributed by atoms with Gasteiger partial charge >= 0.3 is 163 Å². The van der Waals surface area contributed by atoms with Crippen molar-refractivity contribution in [3.63, 3.8) is 0 Å². The van der Waals surface area contributed by atoms with E-state index in [1.165, 1.54) is 59.8 Å². The molecule has 0 aliphatic carbocycles. The van der Waals surface area contributed by atoms with Gasteiger partial charge in [0.15, 0.2) is 0 Å². The second kappa shape index (κ2) is 17.7. The van der Waals surface area contributed by atoms with Crippen LogP contribution in [0.25, 0.3) is 0 Å². The Kier molecular flexibility index (Phi) is 16.4. The van der Waals surface area contributed by atoms with Crippen LogP contribution in [-0.2, 0) is 0 Å². The number of rotatable bonds is 0. The Labute approximate surface area is 161 Å². The molecule has 0 aromatic carbocycles. The first kappa shape index (κ1) is 20.4. The van der Waals surface area contributed by atoms with Gasteiger partial charge in [-0.25, -0.2) is 0 Å². The molecule has 0 aromatic rings. The topological polar surface area (TPSA) is 0 Å². The summed E-state index contributed by atoms with van der Waals surface area (Å²) in [6.45, 7) is 0. The normalized spacial score (nSPS) is 18.2. The molecule has 0 aromatic heterocycles. The molecule has 0 nitrogen and oxygen atoms in total. The second-order valence-electron chi connectivity index (χ2n) is 4.42. The zero-order valence-electron chi connectivity index (χ0n) is 12.7. The van der Waals surface area contributed by atoms with Crippen molar-refractivity contribution in [2.24, 2.45) is 0 Å². The van der Waals surface area contributed by atoms with Crippen molar-refractivity contribution >= 4 is 59.8 Å². The van der Waals surface area contributed by atoms with Crippen LogP contribution in [0, 0.1) is 43.0 Å². The van der Waals surface area contributed by atoms with Gasteiger partial charge in [-0.15, -0.1) is 0 Å². The van der Waals surface area contributed by atoms with E-state index in [0.29, 0.717) is 59.8 Å². The summed E-state index contributed by atoms with van der Waals surface area (Å²) in [6, 6.07) is 0. The molecule has 0 atom stereocenters. The van der Waals surface area contributed by atoms with Crippen LogP contribution in [0.2, 0.25) is 21.3 Å². The average molecular weight is 552 g/mol. The van der Waals surface area contributed by atoms with Crippen LogP contribution in [0.15, 0.2) is 0 Å². The Morgan fingerprint density at radius 2 is 0.636 bits per heavy atom. The summed E-state index contributed by atoms with van der Waals surface area (Å²) in [6.07, 6.45) is 7.93. The minimum atomic E-state index is 0.473. The van der Waals surface area contributed by atoms with E-state index in [-0.39, 0.29) is 0 Å². The Morgan fingerprint density at radius 1 is 0.364 bits per heavy atom. The van der Waals surface area contributed by atoms with Crippen LogP contribution in [0.4, 0.5) is 0 Å². The van der Waals surface area contributed by atoms with Gasteiger partial charge in [-0.2, -0.15) is 0 Å². The van der Waals surface area contributed by atoms with Crippen molar-refractivity contribution in [1.29, 1.82) is 0 Å². The minimum absolute atomic E-state index is 0.473. The predicted molar refractivity (Wildman–Crippen MR) is 101 cm³/mol. The fourth-order valence-electron chi connectivity index (χ4n) is 1.50. The Hall–Kier alpha value is 0.318. The Morgan fingerprint density at radius 3 is 0.909 bits per heavy atom. The second-order valence-corrected chi connectivity index (χ2v) is 12.0. The molecule has 1 aliphatic rings. The molecule has 22 heavy (non-hydrogen) atoms. The summed E-state index contributed by atoms with van der Waals surface area (Å²) >= 11 is 1.89. The van der Waals surface area contributed by atoms with Crippen LogP contribution in [0.3, 0.4) is 0 Å². The average Bonchev–Trinajstić information content (AvgIpc) is 2.53. The van der Waals surface area contributed by atoms with Gasteiger partial charge in [-0.1, -0.05) is 0 Å². The van der Waals surface area contributed by atoms with Crippen LogP contribution in [0.1, 0.15) is 38.5 Å². The van der Waals surface area contributed by atoms with Gasteiger partial charge in [-0.3, -0.25) is 0 Å². The third kappa shape index (κ3) is 15.2. The molecule has 0 spiro atoms. The monoisotopic (exact) mass is 556 g/mol. The van der Waals surface area contributed by atoms with E-state index < -0.39 is 0 Å². The molecule has 0 bridgehead atoms. The standard InChI is InChI=1S/C18H20Se4/c1-3-11-19-15-7-9-17-21-13-5-2-6-14-22-18-10-8-16-20-12-4-1/h1-6,11-14H2. The molecule has 4 heteroatoms. The van der Waals surface area contributed by atoms with E-state index in [9.17, 15) is 0 Å².